The maximum Gasteiger partial charge on any atom is 0.152 e. The van der Waals surface area contributed by atoms with E-state index in [1.54, 1.807) is 0 Å². The van der Waals surface area contributed by atoms with Gasteiger partial charge in [0.25, 0.3) is 0 Å². The molecule has 0 aromatic heterocycles. The van der Waals surface area contributed by atoms with E-state index in [-0.39, 0.29) is 6.61 Å². The summed E-state index contributed by atoms with van der Waals surface area (Å²) in [6.07, 6.45) is 12.3. The normalized spacial score (nSPS) is 11.7. The van der Waals surface area contributed by atoms with Crippen LogP contribution in [0.5, 0.6) is 0 Å². The second-order valence-corrected chi connectivity index (χ2v) is 6.02. The van der Waals surface area contributed by atoms with Crippen LogP contribution in [0.25, 0.3) is 0 Å². The van der Waals surface area contributed by atoms with E-state index in [0.29, 0.717) is 19.5 Å². The molecule has 0 saturated carbocycles. The van der Waals surface area contributed by atoms with E-state index in [1.165, 1.54) is 57.8 Å². The molecule has 3 N–H and O–H groups in total. The molecule has 0 aliphatic heterocycles. The van der Waals surface area contributed by atoms with Gasteiger partial charge in [-0.15, -0.1) is 0 Å². The smallest absolute Gasteiger partial charge is 0.152 e. The Morgan fingerprint density at radius 3 is 1.71 bits per heavy atom. The van der Waals surface area contributed by atoms with Crippen molar-refractivity contribution < 1.29 is 15.3 Å². The molecule has 0 rings (SSSR count). The number of hydrogen-bond donors (Lipinski definition) is 3. The van der Waals surface area contributed by atoms with Crippen LogP contribution in [0, 0.1) is 0 Å². The van der Waals surface area contributed by atoms with Crippen LogP contribution in [0.2, 0.25) is 0 Å². The van der Waals surface area contributed by atoms with Crippen molar-refractivity contribution in [1.82, 2.24) is 4.90 Å². The Morgan fingerprint density at radius 2 is 1.24 bits per heavy atom. The number of aliphatic hydroxyl groups is 3. The summed E-state index contributed by atoms with van der Waals surface area (Å²) >= 11 is 0. The Kier molecular flexibility index (Phi) is 16.1. The van der Waals surface area contributed by atoms with Crippen molar-refractivity contribution in [3.63, 3.8) is 0 Å². The quantitative estimate of drug-likeness (QED) is 0.303. The molecule has 4 heteroatoms. The minimum Gasteiger partial charge on any atom is -0.395 e. The summed E-state index contributed by atoms with van der Waals surface area (Å²) in [4.78, 5) is 2.12. The van der Waals surface area contributed by atoms with E-state index in [2.05, 4.69) is 11.8 Å². The van der Waals surface area contributed by atoms with E-state index >= 15 is 0 Å². The summed E-state index contributed by atoms with van der Waals surface area (Å²) in [6.45, 7) is 4.62. The van der Waals surface area contributed by atoms with Crippen molar-refractivity contribution in [2.24, 2.45) is 0 Å². The van der Waals surface area contributed by atoms with Crippen molar-refractivity contribution in [1.29, 1.82) is 0 Å². The second-order valence-electron chi connectivity index (χ2n) is 6.02. The molecule has 4 nitrogen and oxygen atoms in total. The van der Waals surface area contributed by atoms with Crippen molar-refractivity contribution in [2.75, 3.05) is 26.2 Å². The molecule has 0 aromatic carbocycles. The van der Waals surface area contributed by atoms with E-state index in [1.807, 2.05) is 0 Å². The third-order valence-corrected chi connectivity index (χ3v) is 3.95. The lowest BCUT2D eigenvalue weighted by atomic mass is 10.1. The fraction of sp³-hybridized carbons (Fsp3) is 1.00. The summed E-state index contributed by atoms with van der Waals surface area (Å²) in [5.41, 5.74) is 0. The van der Waals surface area contributed by atoms with E-state index in [0.717, 1.165) is 13.0 Å². The van der Waals surface area contributed by atoms with E-state index < -0.39 is 6.29 Å². The first-order chi connectivity index (χ1) is 10.2. The number of hydrogen-bond acceptors (Lipinski definition) is 4. The Hall–Kier alpha value is -0.160. The molecule has 0 aliphatic carbocycles. The molecule has 0 heterocycles. The van der Waals surface area contributed by atoms with Crippen LogP contribution in [-0.2, 0) is 0 Å². The molecule has 0 fully saturated rings. The summed E-state index contributed by atoms with van der Waals surface area (Å²) in [6, 6.07) is 0. The highest BCUT2D eigenvalue weighted by molar-refractivity contribution is 4.59. The van der Waals surface area contributed by atoms with E-state index in [9.17, 15) is 0 Å². The topological polar surface area (TPSA) is 63.9 Å². The van der Waals surface area contributed by atoms with Crippen LogP contribution >= 0.6 is 0 Å². The van der Waals surface area contributed by atoms with Crippen LogP contribution in [0.1, 0.15) is 77.6 Å². The number of unbranched alkanes of at least 4 members (excludes halogenated alkanes) is 9. The molecule has 0 bridgehead atoms. The maximum absolute atomic E-state index is 9.00. The lowest BCUT2D eigenvalue weighted by molar-refractivity contribution is -0.0508. The predicted molar refractivity (Wildman–Crippen MR) is 88.2 cm³/mol. The van der Waals surface area contributed by atoms with Crippen LogP contribution < -0.4 is 0 Å². The second kappa shape index (κ2) is 16.2. The van der Waals surface area contributed by atoms with Gasteiger partial charge in [0, 0.05) is 19.5 Å². The molecule has 0 atom stereocenters. The highest BCUT2D eigenvalue weighted by atomic mass is 16.5. The van der Waals surface area contributed by atoms with Crippen LogP contribution in [-0.4, -0.2) is 52.8 Å². The largest absolute Gasteiger partial charge is 0.395 e. The Morgan fingerprint density at radius 1 is 0.714 bits per heavy atom. The Labute approximate surface area is 131 Å². The predicted octanol–water partition coefficient (Wildman–Crippen LogP) is 2.90. The molecule has 0 spiro atoms. The third kappa shape index (κ3) is 16.0. The summed E-state index contributed by atoms with van der Waals surface area (Å²) < 4.78 is 0. The van der Waals surface area contributed by atoms with Crippen molar-refractivity contribution >= 4 is 0 Å². The average Bonchev–Trinajstić information content (AvgIpc) is 2.46. The minimum absolute atomic E-state index is 0.138. The van der Waals surface area contributed by atoms with Gasteiger partial charge >= 0.3 is 0 Å². The summed E-state index contributed by atoms with van der Waals surface area (Å²) in [5, 5.41) is 26.8. The zero-order valence-electron chi connectivity index (χ0n) is 14.0. The van der Waals surface area contributed by atoms with Crippen molar-refractivity contribution in [3.05, 3.63) is 0 Å². The molecular formula is C17H37NO3. The Bertz CT molecular complexity index is 200. The van der Waals surface area contributed by atoms with Gasteiger partial charge < -0.3 is 20.2 Å². The lowest BCUT2D eigenvalue weighted by Crippen LogP contribution is -2.31. The monoisotopic (exact) mass is 303 g/mol. The lowest BCUT2D eigenvalue weighted by Gasteiger charge is -2.21. The Balaban J connectivity index is 3.36. The molecule has 0 saturated heterocycles. The molecule has 0 aliphatic rings. The fourth-order valence-corrected chi connectivity index (χ4v) is 2.60. The standard InChI is InChI=1S/C17H37NO3/c1-2-3-4-5-6-7-8-9-10-11-13-18(15-16-19)14-12-17(20)21/h17,19-21H,2-16H2,1H3. The number of rotatable bonds is 16. The van der Waals surface area contributed by atoms with E-state index in [4.69, 9.17) is 15.3 Å². The third-order valence-electron chi connectivity index (χ3n) is 3.95. The van der Waals surface area contributed by atoms with Gasteiger partial charge in [-0.3, -0.25) is 0 Å². The fourth-order valence-electron chi connectivity index (χ4n) is 2.60. The highest BCUT2D eigenvalue weighted by Crippen LogP contribution is 2.10. The SMILES string of the molecule is CCCCCCCCCCCCN(CCO)CCC(O)O. The zero-order valence-corrected chi connectivity index (χ0v) is 14.0. The average molecular weight is 303 g/mol. The molecule has 0 unspecified atom stereocenters. The van der Waals surface area contributed by atoms with Gasteiger partial charge in [0.2, 0.25) is 0 Å². The summed E-state index contributed by atoms with van der Waals surface area (Å²) in [5.74, 6) is 0. The van der Waals surface area contributed by atoms with Gasteiger partial charge in [-0.1, -0.05) is 64.7 Å². The first-order valence-corrected chi connectivity index (χ1v) is 8.90. The molecule has 0 amide bonds. The number of nitrogens with zero attached hydrogens (tertiary/aromatic N) is 1. The maximum atomic E-state index is 9.00. The molecule has 0 aromatic rings. The van der Waals surface area contributed by atoms with Crippen LogP contribution in [0.4, 0.5) is 0 Å². The van der Waals surface area contributed by atoms with Gasteiger partial charge in [0.15, 0.2) is 6.29 Å². The zero-order chi connectivity index (χ0) is 15.8. The van der Waals surface area contributed by atoms with Gasteiger partial charge in [-0.25, -0.2) is 0 Å². The molecular weight excluding hydrogens is 266 g/mol. The van der Waals surface area contributed by atoms with Gasteiger partial charge in [-0.05, 0) is 13.0 Å². The first-order valence-electron chi connectivity index (χ1n) is 8.90. The first kappa shape index (κ1) is 20.8. The van der Waals surface area contributed by atoms with Gasteiger partial charge in [0.05, 0.1) is 6.61 Å². The molecule has 128 valence electrons. The summed E-state index contributed by atoms with van der Waals surface area (Å²) in [7, 11) is 0. The molecule has 21 heavy (non-hydrogen) atoms. The highest BCUT2D eigenvalue weighted by Gasteiger charge is 2.06. The van der Waals surface area contributed by atoms with Crippen molar-refractivity contribution in [3.8, 4) is 0 Å². The van der Waals surface area contributed by atoms with Crippen LogP contribution in [0.3, 0.4) is 0 Å². The van der Waals surface area contributed by atoms with Crippen molar-refractivity contribution in [2.45, 2.75) is 83.8 Å². The molecule has 0 radical (unpaired) electrons. The minimum atomic E-state index is -1.24. The van der Waals surface area contributed by atoms with Crippen LogP contribution in [0.15, 0.2) is 0 Å². The van der Waals surface area contributed by atoms with Gasteiger partial charge in [0.1, 0.15) is 0 Å². The van der Waals surface area contributed by atoms with Gasteiger partial charge in [-0.2, -0.15) is 0 Å². The number of aliphatic hydroxyl groups excluding tert-OH is 2.